The summed E-state index contributed by atoms with van der Waals surface area (Å²) in [7, 11) is 1.62. The summed E-state index contributed by atoms with van der Waals surface area (Å²) >= 11 is 3.50. The molecule has 4 rings (SSSR count). The van der Waals surface area contributed by atoms with E-state index in [4.69, 9.17) is 9.47 Å². The van der Waals surface area contributed by atoms with Crippen LogP contribution in [0, 0.1) is 6.92 Å². The number of methoxy groups -OCH3 is 1. The zero-order valence-electron chi connectivity index (χ0n) is 14.3. The van der Waals surface area contributed by atoms with Crippen molar-refractivity contribution in [1.82, 2.24) is 5.32 Å². The monoisotopic (exact) mass is 402 g/mol. The fraction of sp³-hybridized carbons (Fsp3) is 0.316. The number of para-hydroxylation sites is 1. The Bertz CT molecular complexity index is 870. The highest BCUT2D eigenvalue weighted by molar-refractivity contribution is 9.10. The smallest absolute Gasteiger partial charge is 0.325 e. The number of ether oxygens (including phenoxy) is 2. The molecule has 2 bridgehead atoms. The van der Waals surface area contributed by atoms with E-state index >= 15 is 0 Å². The van der Waals surface area contributed by atoms with Crippen LogP contribution in [0.15, 0.2) is 40.9 Å². The lowest BCUT2D eigenvalue weighted by molar-refractivity contribution is 0.0348. The molecule has 0 spiro atoms. The number of aryl methyl sites for hydroxylation is 1. The molecule has 1 N–H and O–H groups in total. The van der Waals surface area contributed by atoms with E-state index in [1.54, 1.807) is 12.0 Å². The molecule has 2 atom stereocenters. The van der Waals surface area contributed by atoms with Crippen molar-refractivity contribution in [3.63, 3.8) is 0 Å². The second-order valence-electron chi connectivity index (χ2n) is 6.63. The zero-order chi connectivity index (χ0) is 17.8. The normalized spacial score (nSPS) is 24.2. The number of benzene rings is 2. The molecule has 0 radical (unpaired) electrons. The summed E-state index contributed by atoms with van der Waals surface area (Å²) in [5, 5.41) is 3.11. The summed E-state index contributed by atoms with van der Waals surface area (Å²) < 4.78 is 12.8. The number of nitrogens with zero attached hydrogens (tertiary/aromatic N) is 1. The average Bonchev–Trinajstić information content (AvgIpc) is 2.56. The molecule has 0 aliphatic carbocycles. The maximum atomic E-state index is 12.9. The van der Waals surface area contributed by atoms with Gasteiger partial charge in [-0.2, -0.15) is 0 Å². The molecule has 0 unspecified atom stereocenters. The van der Waals surface area contributed by atoms with E-state index in [-0.39, 0.29) is 12.1 Å². The molecular formula is C19H19BrN2O3. The summed E-state index contributed by atoms with van der Waals surface area (Å²) in [5.41, 5.74) is 2.02. The van der Waals surface area contributed by atoms with Gasteiger partial charge in [-0.1, -0.05) is 34.1 Å². The van der Waals surface area contributed by atoms with Crippen LogP contribution in [-0.4, -0.2) is 18.9 Å². The van der Waals surface area contributed by atoms with Crippen molar-refractivity contribution in [2.75, 3.05) is 12.0 Å². The fourth-order valence-corrected chi connectivity index (χ4v) is 4.19. The molecule has 25 heavy (non-hydrogen) atoms. The Morgan fingerprint density at radius 2 is 2.12 bits per heavy atom. The van der Waals surface area contributed by atoms with E-state index in [1.807, 2.05) is 50.2 Å². The summed E-state index contributed by atoms with van der Waals surface area (Å²) in [6.45, 7) is 3.95. The largest absolute Gasteiger partial charge is 0.493 e. The van der Waals surface area contributed by atoms with Crippen molar-refractivity contribution in [3.05, 3.63) is 52.0 Å². The van der Waals surface area contributed by atoms with Crippen LogP contribution in [0.3, 0.4) is 0 Å². The third-order valence-electron chi connectivity index (χ3n) is 4.88. The number of urea groups is 1. The van der Waals surface area contributed by atoms with Gasteiger partial charge in [0.25, 0.3) is 0 Å². The van der Waals surface area contributed by atoms with Gasteiger partial charge in [0, 0.05) is 16.5 Å². The predicted molar refractivity (Wildman–Crippen MR) is 99.3 cm³/mol. The highest BCUT2D eigenvalue weighted by Crippen LogP contribution is 2.50. The van der Waals surface area contributed by atoms with Crippen LogP contribution in [0.5, 0.6) is 11.5 Å². The number of amides is 2. The van der Waals surface area contributed by atoms with Crippen molar-refractivity contribution in [2.24, 2.45) is 0 Å². The Labute approximate surface area is 155 Å². The van der Waals surface area contributed by atoms with Crippen molar-refractivity contribution < 1.29 is 14.3 Å². The second kappa shape index (κ2) is 5.66. The summed E-state index contributed by atoms with van der Waals surface area (Å²) in [6.07, 6.45) is 0.652. The lowest BCUT2D eigenvalue weighted by Crippen LogP contribution is -2.65. The minimum Gasteiger partial charge on any atom is -0.493 e. The highest BCUT2D eigenvalue weighted by atomic mass is 79.9. The minimum atomic E-state index is -0.785. The predicted octanol–water partition coefficient (Wildman–Crippen LogP) is 4.54. The maximum Gasteiger partial charge on any atom is 0.325 e. The average molecular weight is 403 g/mol. The van der Waals surface area contributed by atoms with Gasteiger partial charge in [0.05, 0.1) is 18.8 Å². The van der Waals surface area contributed by atoms with Crippen LogP contribution in [0.25, 0.3) is 0 Å². The number of carbonyl (C=O) groups excluding carboxylic acids is 1. The van der Waals surface area contributed by atoms with Crippen LogP contribution < -0.4 is 19.7 Å². The standard InChI is InChI=1S/C19H19BrN2O3/c1-11-6-4-5-7-15(11)22-18(23)21-14-10-19(22,2)25-17-13(14)8-12(20)9-16(17)24-3/h4-9,14H,10H2,1-3H3,(H,21,23)/t14-,19-/m1/s1. The number of carbonyl (C=O) groups is 1. The summed E-state index contributed by atoms with van der Waals surface area (Å²) in [6, 6.07) is 11.4. The molecule has 2 heterocycles. The molecule has 2 amide bonds. The van der Waals surface area contributed by atoms with Gasteiger partial charge >= 0.3 is 6.03 Å². The molecule has 1 saturated heterocycles. The number of fused-ring (bicyclic) bond motifs is 4. The van der Waals surface area contributed by atoms with Crippen LogP contribution in [-0.2, 0) is 0 Å². The Kier molecular flexibility index (Phi) is 3.68. The SMILES string of the molecule is COc1cc(Br)cc2c1O[C@]1(C)C[C@H]2NC(=O)N1c1ccccc1C. The van der Waals surface area contributed by atoms with Crippen LogP contribution in [0.2, 0.25) is 0 Å². The van der Waals surface area contributed by atoms with Gasteiger partial charge in [0.1, 0.15) is 0 Å². The van der Waals surface area contributed by atoms with E-state index < -0.39 is 5.72 Å². The minimum absolute atomic E-state index is 0.118. The van der Waals surface area contributed by atoms with Crippen LogP contribution in [0.4, 0.5) is 10.5 Å². The van der Waals surface area contributed by atoms with Crippen molar-refractivity contribution in [3.8, 4) is 11.5 Å². The first-order chi connectivity index (χ1) is 11.9. The van der Waals surface area contributed by atoms with Crippen molar-refractivity contribution in [2.45, 2.75) is 32.0 Å². The zero-order valence-corrected chi connectivity index (χ0v) is 15.9. The molecule has 2 aliphatic rings. The van der Waals surface area contributed by atoms with Crippen LogP contribution in [0.1, 0.15) is 30.5 Å². The third-order valence-corrected chi connectivity index (χ3v) is 5.34. The van der Waals surface area contributed by atoms with Gasteiger partial charge in [-0.25, -0.2) is 4.79 Å². The van der Waals surface area contributed by atoms with Gasteiger partial charge in [-0.3, -0.25) is 4.90 Å². The first kappa shape index (κ1) is 16.3. The molecule has 1 fully saturated rings. The van der Waals surface area contributed by atoms with Crippen molar-refractivity contribution in [1.29, 1.82) is 0 Å². The molecule has 2 aromatic rings. The molecule has 0 aromatic heterocycles. The summed E-state index contributed by atoms with van der Waals surface area (Å²) in [4.78, 5) is 14.6. The number of halogens is 1. The van der Waals surface area contributed by atoms with Crippen LogP contribution >= 0.6 is 15.9 Å². The van der Waals surface area contributed by atoms with E-state index in [0.717, 1.165) is 21.3 Å². The number of hydrogen-bond donors (Lipinski definition) is 1. The van der Waals surface area contributed by atoms with Gasteiger partial charge in [0.2, 0.25) is 0 Å². The van der Waals surface area contributed by atoms with E-state index in [9.17, 15) is 4.79 Å². The fourth-order valence-electron chi connectivity index (χ4n) is 3.73. The highest BCUT2D eigenvalue weighted by Gasteiger charge is 2.51. The number of hydrogen-bond acceptors (Lipinski definition) is 3. The molecule has 130 valence electrons. The molecule has 2 aliphatic heterocycles. The number of rotatable bonds is 2. The first-order valence-electron chi connectivity index (χ1n) is 8.16. The lowest BCUT2D eigenvalue weighted by Gasteiger charge is -2.51. The molecule has 6 heteroatoms. The molecule has 0 saturated carbocycles. The third kappa shape index (κ3) is 2.47. The van der Waals surface area contributed by atoms with Crippen molar-refractivity contribution >= 4 is 27.6 Å². The van der Waals surface area contributed by atoms with E-state index in [1.165, 1.54) is 0 Å². The Balaban J connectivity index is 1.86. The second-order valence-corrected chi connectivity index (χ2v) is 7.55. The van der Waals surface area contributed by atoms with E-state index in [2.05, 4.69) is 21.2 Å². The molecule has 5 nitrogen and oxygen atoms in total. The lowest BCUT2D eigenvalue weighted by atomic mass is 9.89. The Hall–Kier alpha value is -2.21. The maximum absolute atomic E-state index is 12.9. The van der Waals surface area contributed by atoms with E-state index in [0.29, 0.717) is 17.9 Å². The van der Waals surface area contributed by atoms with Gasteiger partial charge in [-0.15, -0.1) is 0 Å². The molecule has 2 aromatic carbocycles. The summed E-state index contributed by atoms with van der Waals surface area (Å²) in [5.74, 6) is 1.34. The Morgan fingerprint density at radius 1 is 1.36 bits per heavy atom. The van der Waals surface area contributed by atoms with Gasteiger partial charge < -0.3 is 14.8 Å². The van der Waals surface area contributed by atoms with Gasteiger partial charge in [0.15, 0.2) is 17.2 Å². The van der Waals surface area contributed by atoms with Gasteiger partial charge in [-0.05, 0) is 37.6 Å². The number of anilines is 1. The first-order valence-corrected chi connectivity index (χ1v) is 8.95. The quantitative estimate of drug-likeness (QED) is 0.802. The number of nitrogens with one attached hydrogen (secondary N) is 1. The topological polar surface area (TPSA) is 50.8 Å². The Morgan fingerprint density at radius 3 is 2.84 bits per heavy atom. The molecular weight excluding hydrogens is 384 g/mol.